The number of benzene rings is 2. The fourth-order valence-corrected chi connectivity index (χ4v) is 8.33. The maximum Gasteiger partial charge on any atom is 0.408 e. The number of esters is 2. The monoisotopic (exact) mass is 1160 g/mol. The van der Waals surface area contributed by atoms with Crippen molar-refractivity contribution in [2.45, 2.75) is 163 Å². The lowest BCUT2D eigenvalue weighted by Crippen LogP contribution is -2.60. The number of carbonyl (C=O) groups excluding carboxylic acids is 12. The highest BCUT2D eigenvalue weighted by Crippen LogP contribution is 2.44. The van der Waals surface area contributed by atoms with E-state index in [-0.39, 0.29) is 37.8 Å². The molecule has 0 saturated carbocycles. The Hall–Kier alpha value is -8.32. The standard InChI is InChI=1S/C57H84N10O16/c1-30(2)24-41(53(77)82-56(8,9)10)64-50(74)40(25-45(71)80-29-44(70)59-23-22-39(65-55(79)83-57(11,12)13)49(73)62-33(7)48(72)61-27-43(69)60-26-42(58)68)63-51(75)46(31(3)4)66-52(76)47(32(5)6)67-54(78)81-28-38-36-20-16-14-18-34(36)35-19-15-17-21-37(35)38/h14-21,30-33,38-41,46-47H,22-29H2,1-13H3,(H2,58,68)(H,59,70)(H,60,69)(H,61,72)(H,62,73)(H,63,75)(H,64,74)(H,65,79)(H,66,76)(H,67,78)/t33-,39+,40-,41-,46-,47-/m0/s1. The predicted molar refractivity (Wildman–Crippen MR) is 302 cm³/mol. The minimum Gasteiger partial charge on any atom is -0.458 e. The van der Waals surface area contributed by atoms with Crippen molar-refractivity contribution in [3.8, 4) is 11.1 Å². The van der Waals surface area contributed by atoms with Crippen molar-refractivity contribution in [2.24, 2.45) is 23.5 Å². The number of alkyl carbamates (subject to hydrolysis) is 2. The molecule has 10 amide bonds. The predicted octanol–water partition coefficient (Wildman–Crippen LogP) is 1.60. The van der Waals surface area contributed by atoms with E-state index in [0.29, 0.717) is 0 Å². The first-order valence-electron chi connectivity index (χ1n) is 27.5. The molecule has 0 radical (unpaired) electrons. The van der Waals surface area contributed by atoms with Crippen LogP contribution in [0.3, 0.4) is 0 Å². The summed E-state index contributed by atoms with van der Waals surface area (Å²) in [5, 5.41) is 22.0. The SMILES string of the molecule is CC(C)C[C@H](NC(=O)[C@H](CC(=O)OCC(=O)NCC[C@@H](NC(=O)OC(C)(C)C)C(=O)N[C@@H](C)C(=O)NCC(=O)NCC(N)=O)NC(=O)[C@@H](NC(=O)[C@@H](NC(=O)OCC1c2ccccc2-c2ccccc21)C(C)C)C(C)C)C(=O)OC(C)(C)C. The first-order chi connectivity index (χ1) is 38.7. The number of nitrogens with two attached hydrogens (primary N) is 1. The molecule has 0 bridgehead atoms. The maximum absolute atomic E-state index is 14.2. The molecule has 11 N–H and O–H groups in total. The maximum atomic E-state index is 14.2. The zero-order valence-corrected chi connectivity index (χ0v) is 49.7. The summed E-state index contributed by atoms with van der Waals surface area (Å²) in [6, 6.07) is 7.33. The summed E-state index contributed by atoms with van der Waals surface area (Å²) in [5.74, 6) is -10.4. The summed E-state index contributed by atoms with van der Waals surface area (Å²) in [4.78, 5) is 157. The van der Waals surface area contributed by atoms with Gasteiger partial charge in [0.1, 0.15) is 54.1 Å². The molecule has 0 unspecified atom stereocenters. The Bertz CT molecular complexity index is 2620. The van der Waals surface area contributed by atoms with Crippen LogP contribution < -0.4 is 53.6 Å². The smallest absolute Gasteiger partial charge is 0.408 e. The van der Waals surface area contributed by atoms with Crippen molar-refractivity contribution in [3.05, 3.63) is 59.7 Å². The van der Waals surface area contributed by atoms with Crippen LogP contribution in [0.1, 0.15) is 126 Å². The van der Waals surface area contributed by atoms with Crippen molar-refractivity contribution >= 4 is 71.4 Å². The number of hydrogen-bond acceptors (Lipinski definition) is 16. The molecule has 458 valence electrons. The molecule has 26 nitrogen and oxygen atoms in total. The Balaban J connectivity index is 1.75. The van der Waals surface area contributed by atoms with Crippen LogP contribution in [-0.2, 0) is 66.9 Å². The van der Waals surface area contributed by atoms with Gasteiger partial charge in [-0.25, -0.2) is 14.4 Å². The van der Waals surface area contributed by atoms with E-state index in [1.807, 2.05) is 48.5 Å². The summed E-state index contributed by atoms with van der Waals surface area (Å²) >= 11 is 0. The number of carbonyl (C=O) groups is 12. The molecule has 2 aromatic rings. The zero-order valence-electron chi connectivity index (χ0n) is 49.7. The van der Waals surface area contributed by atoms with Gasteiger partial charge in [-0.1, -0.05) is 90.1 Å². The van der Waals surface area contributed by atoms with E-state index in [9.17, 15) is 57.5 Å². The van der Waals surface area contributed by atoms with Crippen LogP contribution >= 0.6 is 0 Å². The second-order valence-corrected chi connectivity index (χ2v) is 23.1. The molecule has 26 heteroatoms. The Kier molecular flexibility index (Phi) is 26.4. The van der Waals surface area contributed by atoms with Gasteiger partial charge >= 0.3 is 24.1 Å². The topological polar surface area (TPSA) is 376 Å². The molecule has 0 aliphatic heterocycles. The average molecular weight is 1170 g/mol. The van der Waals surface area contributed by atoms with E-state index in [4.69, 9.17) is 24.7 Å². The summed E-state index contributed by atoms with van der Waals surface area (Å²) in [5.41, 5.74) is 7.09. The van der Waals surface area contributed by atoms with Gasteiger partial charge in [-0.3, -0.25) is 43.2 Å². The second-order valence-electron chi connectivity index (χ2n) is 23.1. The molecule has 3 rings (SSSR count). The lowest BCUT2D eigenvalue weighted by Gasteiger charge is -2.29. The summed E-state index contributed by atoms with van der Waals surface area (Å²) in [6.07, 6.45) is -2.99. The van der Waals surface area contributed by atoms with Crippen molar-refractivity contribution in [2.75, 3.05) is 32.8 Å². The minimum atomic E-state index is -1.77. The molecule has 1 aliphatic carbocycles. The van der Waals surface area contributed by atoms with Gasteiger partial charge in [0.2, 0.25) is 41.4 Å². The van der Waals surface area contributed by atoms with Crippen molar-refractivity contribution < 1.29 is 76.5 Å². The second kappa shape index (κ2) is 31.8. The number of ether oxygens (including phenoxy) is 4. The third-order valence-corrected chi connectivity index (χ3v) is 12.3. The number of rotatable bonds is 29. The van der Waals surface area contributed by atoms with E-state index in [2.05, 4.69) is 47.9 Å². The number of hydrogen-bond donors (Lipinski definition) is 10. The van der Waals surface area contributed by atoms with Crippen LogP contribution in [-0.4, -0.2) is 152 Å². The average Bonchev–Trinajstić information content (AvgIpc) is 3.65. The van der Waals surface area contributed by atoms with Crippen LogP contribution in [0.5, 0.6) is 0 Å². The molecule has 0 fully saturated rings. The van der Waals surface area contributed by atoms with Crippen LogP contribution in [0.4, 0.5) is 9.59 Å². The minimum absolute atomic E-state index is 0.0269. The van der Waals surface area contributed by atoms with Crippen molar-refractivity contribution in [3.63, 3.8) is 0 Å². The first-order valence-corrected chi connectivity index (χ1v) is 27.5. The van der Waals surface area contributed by atoms with E-state index >= 15 is 0 Å². The molecule has 0 heterocycles. The molecule has 0 aromatic heterocycles. The molecule has 0 spiro atoms. The molecule has 1 aliphatic rings. The van der Waals surface area contributed by atoms with Crippen LogP contribution in [0.25, 0.3) is 11.1 Å². The van der Waals surface area contributed by atoms with Crippen molar-refractivity contribution in [1.82, 2.24) is 47.9 Å². The van der Waals surface area contributed by atoms with E-state index in [1.165, 1.54) is 6.92 Å². The molecule has 83 heavy (non-hydrogen) atoms. The normalized spacial score (nSPS) is 14.1. The molecule has 6 atom stereocenters. The van der Waals surface area contributed by atoms with Crippen LogP contribution in [0.15, 0.2) is 48.5 Å². The van der Waals surface area contributed by atoms with Gasteiger partial charge in [0.25, 0.3) is 5.91 Å². The third-order valence-electron chi connectivity index (χ3n) is 12.3. The van der Waals surface area contributed by atoms with E-state index in [1.54, 1.807) is 83.1 Å². The fourth-order valence-electron chi connectivity index (χ4n) is 8.33. The summed E-state index contributed by atoms with van der Waals surface area (Å²) < 4.78 is 21.8. The number of nitrogens with one attached hydrogen (secondary N) is 9. The number of primary amides is 1. The van der Waals surface area contributed by atoms with E-state index in [0.717, 1.165) is 22.3 Å². The van der Waals surface area contributed by atoms with Gasteiger partial charge in [-0.2, -0.15) is 0 Å². The highest BCUT2D eigenvalue weighted by molar-refractivity contribution is 5.97. The molecule has 2 aromatic carbocycles. The Morgan fingerprint density at radius 2 is 1.06 bits per heavy atom. The van der Waals surface area contributed by atoms with Crippen LogP contribution in [0, 0.1) is 17.8 Å². The summed E-state index contributed by atoms with van der Waals surface area (Å²) in [6.45, 7) is 18.8. The largest absolute Gasteiger partial charge is 0.458 e. The third kappa shape index (κ3) is 24.0. The van der Waals surface area contributed by atoms with Crippen molar-refractivity contribution in [1.29, 1.82) is 0 Å². The van der Waals surface area contributed by atoms with E-state index < -0.39 is 157 Å². The van der Waals surface area contributed by atoms with Gasteiger partial charge in [0.15, 0.2) is 6.61 Å². The quantitative estimate of drug-likeness (QED) is 0.0409. The van der Waals surface area contributed by atoms with Crippen LogP contribution in [0.2, 0.25) is 0 Å². The van der Waals surface area contributed by atoms with Gasteiger partial charge in [0.05, 0.1) is 19.5 Å². The lowest BCUT2D eigenvalue weighted by molar-refractivity contribution is -0.159. The Morgan fingerprint density at radius 1 is 0.530 bits per heavy atom. The zero-order chi connectivity index (χ0) is 62.5. The molecule has 0 saturated heterocycles. The number of fused-ring (bicyclic) bond motifs is 3. The Morgan fingerprint density at radius 3 is 1.60 bits per heavy atom. The lowest BCUT2D eigenvalue weighted by atomic mass is 9.98. The number of amides is 10. The summed E-state index contributed by atoms with van der Waals surface area (Å²) in [7, 11) is 0. The highest BCUT2D eigenvalue weighted by atomic mass is 16.6. The van der Waals surface area contributed by atoms with Gasteiger partial charge in [0, 0.05) is 12.5 Å². The fraction of sp³-hybridized carbons (Fsp3) is 0.579. The van der Waals surface area contributed by atoms with Gasteiger partial charge < -0.3 is 72.5 Å². The molecular formula is C57H84N10O16. The first kappa shape index (κ1) is 69.0. The van der Waals surface area contributed by atoms with Gasteiger partial charge in [-0.05, 0) is 101 Å². The van der Waals surface area contributed by atoms with Gasteiger partial charge in [-0.15, -0.1) is 0 Å². The highest BCUT2D eigenvalue weighted by Gasteiger charge is 2.37. The molecular weight excluding hydrogens is 1080 g/mol. The Labute approximate surface area is 484 Å².